The van der Waals surface area contributed by atoms with E-state index in [4.69, 9.17) is 31.9 Å². The Balaban J connectivity index is 2.38. The minimum absolute atomic E-state index is 0.0437. The molecule has 1 heterocycles. The SMILES string of the molecule is CC[C@@H](Nc1nc(N)nc(Cl)c1/C=C/c1ccc(OC)c(OC)c1)[C@H](O)[C@H](O)CO. The van der Waals surface area contributed by atoms with Gasteiger partial charge in [0.25, 0.3) is 0 Å². The number of anilines is 2. The highest BCUT2D eigenvalue weighted by molar-refractivity contribution is 6.31. The highest BCUT2D eigenvalue weighted by Crippen LogP contribution is 2.30. The molecule has 2 aromatic rings. The first-order valence-electron chi connectivity index (χ1n) is 9.31. The van der Waals surface area contributed by atoms with E-state index in [0.29, 0.717) is 29.3 Å². The number of rotatable bonds is 10. The van der Waals surface area contributed by atoms with Gasteiger partial charge < -0.3 is 35.8 Å². The number of aliphatic hydroxyl groups excluding tert-OH is 3. The average molecular weight is 439 g/mol. The number of nitrogen functional groups attached to an aromatic ring is 1. The fourth-order valence-corrected chi connectivity index (χ4v) is 3.07. The van der Waals surface area contributed by atoms with Crippen molar-refractivity contribution in [2.75, 3.05) is 31.9 Å². The van der Waals surface area contributed by atoms with Crippen molar-refractivity contribution in [1.29, 1.82) is 0 Å². The van der Waals surface area contributed by atoms with Crippen LogP contribution in [-0.2, 0) is 0 Å². The largest absolute Gasteiger partial charge is 0.493 e. The summed E-state index contributed by atoms with van der Waals surface area (Å²) in [5.74, 6) is 1.43. The van der Waals surface area contributed by atoms with Crippen LogP contribution in [-0.4, -0.2) is 64.4 Å². The number of ether oxygens (including phenoxy) is 2. The van der Waals surface area contributed by atoms with E-state index in [9.17, 15) is 10.2 Å². The Morgan fingerprint density at radius 3 is 2.47 bits per heavy atom. The maximum Gasteiger partial charge on any atom is 0.223 e. The van der Waals surface area contributed by atoms with Crippen LogP contribution >= 0.6 is 11.6 Å². The van der Waals surface area contributed by atoms with Gasteiger partial charge in [0, 0.05) is 0 Å². The Hall–Kier alpha value is -2.59. The minimum atomic E-state index is -1.30. The molecule has 0 fully saturated rings. The summed E-state index contributed by atoms with van der Waals surface area (Å²) < 4.78 is 10.5. The number of nitrogens with two attached hydrogens (primary N) is 1. The van der Waals surface area contributed by atoms with Crippen molar-refractivity contribution < 1.29 is 24.8 Å². The van der Waals surface area contributed by atoms with Crippen LogP contribution in [0.4, 0.5) is 11.8 Å². The summed E-state index contributed by atoms with van der Waals surface area (Å²) in [4.78, 5) is 8.16. The van der Waals surface area contributed by atoms with Gasteiger partial charge in [0.15, 0.2) is 11.5 Å². The van der Waals surface area contributed by atoms with Crippen molar-refractivity contribution in [1.82, 2.24) is 9.97 Å². The summed E-state index contributed by atoms with van der Waals surface area (Å²) in [7, 11) is 3.11. The predicted octanol–water partition coefficient (Wildman–Crippen LogP) is 1.80. The Labute approximate surface area is 180 Å². The van der Waals surface area contributed by atoms with E-state index >= 15 is 0 Å². The molecule has 0 aliphatic carbocycles. The van der Waals surface area contributed by atoms with Crippen molar-refractivity contribution >= 4 is 35.5 Å². The van der Waals surface area contributed by atoms with Crippen LogP contribution in [0.25, 0.3) is 12.2 Å². The number of nitrogens with zero attached hydrogens (tertiary/aromatic N) is 2. The van der Waals surface area contributed by atoms with E-state index in [0.717, 1.165) is 5.56 Å². The Morgan fingerprint density at radius 2 is 1.87 bits per heavy atom. The van der Waals surface area contributed by atoms with Gasteiger partial charge in [-0.1, -0.05) is 30.7 Å². The third-order valence-electron chi connectivity index (χ3n) is 4.52. The van der Waals surface area contributed by atoms with Gasteiger partial charge in [-0.15, -0.1) is 0 Å². The number of methoxy groups -OCH3 is 2. The molecule has 0 bridgehead atoms. The number of nitrogens with one attached hydrogen (secondary N) is 1. The van der Waals surface area contributed by atoms with E-state index in [1.165, 1.54) is 0 Å². The van der Waals surface area contributed by atoms with E-state index < -0.39 is 24.9 Å². The molecule has 6 N–H and O–H groups in total. The summed E-state index contributed by atoms with van der Waals surface area (Å²) in [6, 6.07) is 4.81. The van der Waals surface area contributed by atoms with E-state index in [1.54, 1.807) is 38.5 Å². The molecule has 0 spiro atoms. The quantitative estimate of drug-likeness (QED) is 0.351. The third kappa shape index (κ3) is 5.73. The van der Waals surface area contributed by atoms with Crippen LogP contribution in [0.15, 0.2) is 18.2 Å². The first-order chi connectivity index (χ1) is 14.3. The van der Waals surface area contributed by atoms with Crippen LogP contribution in [0.2, 0.25) is 5.15 Å². The molecule has 9 nitrogen and oxygen atoms in total. The number of aromatic nitrogens is 2. The molecule has 1 aromatic carbocycles. The first kappa shape index (κ1) is 23.7. The zero-order chi connectivity index (χ0) is 22.3. The minimum Gasteiger partial charge on any atom is -0.493 e. The standard InChI is InChI=1S/C20H27ClN4O5/c1-4-13(17(28)14(27)10-26)23-19-12(18(21)24-20(22)25-19)7-5-11-6-8-15(29-2)16(9-11)30-3/h5-9,13-14,17,26-28H,4,10H2,1-3H3,(H3,22,23,24,25)/b7-5+/t13-,14-,17+/m1/s1. The highest BCUT2D eigenvalue weighted by Gasteiger charge is 2.26. The second-order valence-electron chi connectivity index (χ2n) is 6.48. The molecular formula is C20H27ClN4O5. The second-order valence-corrected chi connectivity index (χ2v) is 6.84. The molecule has 164 valence electrons. The van der Waals surface area contributed by atoms with Crippen LogP contribution in [0, 0.1) is 0 Å². The average Bonchev–Trinajstić information content (AvgIpc) is 2.75. The smallest absolute Gasteiger partial charge is 0.223 e. The summed E-state index contributed by atoms with van der Waals surface area (Å²) in [5.41, 5.74) is 6.99. The van der Waals surface area contributed by atoms with E-state index in [2.05, 4.69) is 15.3 Å². The lowest BCUT2D eigenvalue weighted by molar-refractivity contribution is -0.0230. The topological polar surface area (TPSA) is 143 Å². The molecule has 3 atom stereocenters. The summed E-state index contributed by atoms with van der Waals surface area (Å²) >= 11 is 6.28. The summed E-state index contributed by atoms with van der Waals surface area (Å²) in [6.45, 7) is 1.24. The number of aliphatic hydroxyl groups is 3. The van der Waals surface area contributed by atoms with Crippen molar-refractivity contribution in [3.63, 3.8) is 0 Å². The number of benzene rings is 1. The molecule has 0 saturated heterocycles. The molecule has 1 aromatic heterocycles. The summed E-state index contributed by atoms with van der Waals surface area (Å²) in [6.07, 6.45) is 1.40. The second kappa shape index (κ2) is 11.0. The zero-order valence-corrected chi connectivity index (χ0v) is 17.8. The Bertz CT molecular complexity index is 881. The predicted molar refractivity (Wildman–Crippen MR) is 117 cm³/mol. The molecule has 0 aliphatic heterocycles. The van der Waals surface area contributed by atoms with Crippen molar-refractivity contribution in [2.24, 2.45) is 0 Å². The van der Waals surface area contributed by atoms with E-state index in [-0.39, 0.29) is 11.1 Å². The van der Waals surface area contributed by atoms with Gasteiger partial charge in [-0.3, -0.25) is 0 Å². The molecule has 2 rings (SSSR count). The lowest BCUT2D eigenvalue weighted by Crippen LogP contribution is -2.43. The Morgan fingerprint density at radius 1 is 1.17 bits per heavy atom. The normalized spacial score (nSPS) is 14.4. The molecule has 10 heteroatoms. The van der Waals surface area contributed by atoms with Crippen molar-refractivity contribution in [3.05, 3.63) is 34.5 Å². The number of hydrogen-bond acceptors (Lipinski definition) is 9. The molecule has 0 unspecified atom stereocenters. The summed E-state index contributed by atoms with van der Waals surface area (Å²) in [5, 5.41) is 32.3. The highest BCUT2D eigenvalue weighted by atomic mass is 35.5. The van der Waals surface area contributed by atoms with Crippen LogP contribution < -0.4 is 20.5 Å². The monoisotopic (exact) mass is 438 g/mol. The molecule has 0 aliphatic rings. The van der Waals surface area contributed by atoms with Gasteiger partial charge in [-0.25, -0.2) is 4.98 Å². The molecule has 0 amide bonds. The van der Waals surface area contributed by atoms with Gasteiger partial charge in [-0.05, 0) is 30.2 Å². The lowest BCUT2D eigenvalue weighted by atomic mass is 10.0. The van der Waals surface area contributed by atoms with Gasteiger partial charge in [0.05, 0.1) is 32.4 Å². The van der Waals surface area contributed by atoms with Crippen LogP contribution in [0.5, 0.6) is 11.5 Å². The van der Waals surface area contributed by atoms with Crippen LogP contribution in [0.1, 0.15) is 24.5 Å². The van der Waals surface area contributed by atoms with Gasteiger partial charge >= 0.3 is 0 Å². The maximum absolute atomic E-state index is 10.3. The van der Waals surface area contributed by atoms with Crippen LogP contribution in [0.3, 0.4) is 0 Å². The number of hydrogen-bond donors (Lipinski definition) is 5. The van der Waals surface area contributed by atoms with Crippen molar-refractivity contribution in [2.45, 2.75) is 31.6 Å². The maximum atomic E-state index is 10.3. The molecule has 30 heavy (non-hydrogen) atoms. The molecule has 0 radical (unpaired) electrons. The zero-order valence-electron chi connectivity index (χ0n) is 17.0. The molecule has 0 saturated carbocycles. The van der Waals surface area contributed by atoms with Gasteiger partial charge in [0.2, 0.25) is 5.95 Å². The Kier molecular flexibility index (Phi) is 8.67. The lowest BCUT2D eigenvalue weighted by Gasteiger charge is -2.27. The number of halogens is 1. The first-order valence-corrected chi connectivity index (χ1v) is 9.69. The van der Waals surface area contributed by atoms with Gasteiger partial charge in [-0.2, -0.15) is 4.98 Å². The fraction of sp³-hybridized carbons (Fsp3) is 0.400. The fourth-order valence-electron chi connectivity index (χ4n) is 2.83. The van der Waals surface area contributed by atoms with Gasteiger partial charge in [0.1, 0.15) is 23.2 Å². The molecular weight excluding hydrogens is 412 g/mol. The third-order valence-corrected chi connectivity index (χ3v) is 4.81. The van der Waals surface area contributed by atoms with E-state index in [1.807, 2.05) is 13.0 Å². The van der Waals surface area contributed by atoms with Crippen molar-refractivity contribution in [3.8, 4) is 11.5 Å².